The lowest BCUT2D eigenvalue weighted by Crippen LogP contribution is -2.25. The standard InChI is InChI=1S/C20H16F3N3O3S/c1-12-11-30-19(29)26(12)10-17(27)24-15-6-2-4-13(8-15)18(28)25-16-7-3-5-14(9-16)20(21,22)23/h2-9,11H,10H2,1H3,(H,24,27)(H,25,28). The number of rotatable bonds is 5. The summed E-state index contributed by atoms with van der Waals surface area (Å²) in [5.74, 6) is -1.08. The largest absolute Gasteiger partial charge is 0.416 e. The van der Waals surface area contributed by atoms with Gasteiger partial charge in [-0.3, -0.25) is 19.0 Å². The van der Waals surface area contributed by atoms with Crippen LogP contribution in [0, 0.1) is 6.92 Å². The first-order valence-electron chi connectivity index (χ1n) is 8.67. The van der Waals surface area contributed by atoms with Gasteiger partial charge < -0.3 is 10.6 Å². The van der Waals surface area contributed by atoms with Crippen LogP contribution in [0.25, 0.3) is 0 Å². The maximum Gasteiger partial charge on any atom is 0.416 e. The molecule has 0 radical (unpaired) electrons. The summed E-state index contributed by atoms with van der Waals surface area (Å²) in [7, 11) is 0. The number of nitrogens with zero attached hydrogens (tertiary/aromatic N) is 1. The van der Waals surface area contributed by atoms with Gasteiger partial charge in [0.1, 0.15) is 6.54 Å². The molecule has 1 heterocycles. The first kappa shape index (κ1) is 21.3. The predicted octanol–water partition coefficient (Wildman–Crippen LogP) is 4.13. The van der Waals surface area contributed by atoms with Gasteiger partial charge in [0, 0.05) is 28.0 Å². The van der Waals surface area contributed by atoms with Crippen molar-refractivity contribution in [3.05, 3.63) is 80.4 Å². The Hall–Kier alpha value is -3.40. The van der Waals surface area contributed by atoms with Crippen LogP contribution in [0.3, 0.4) is 0 Å². The summed E-state index contributed by atoms with van der Waals surface area (Å²) in [6.07, 6.45) is -4.52. The van der Waals surface area contributed by atoms with Crippen LogP contribution in [-0.4, -0.2) is 16.4 Å². The van der Waals surface area contributed by atoms with Gasteiger partial charge in [-0.1, -0.05) is 23.5 Å². The molecular weight excluding hydrogens is 419 g/mol. The third-order valence-corrected chi connectivity index (χ3v) is 5.02. The van der Waals surface area contributed by atoms with E-state index in [1.165, 1.54) is 34.9 Å². The molecular formula is C20H16F3N3O3S. The van der Waals surface area contributed by atoms with E-state index in [1.807, 2.05) is 0 Å². The number of amides is 2. The SMILES string of the molecule is Cc1csc(=O)n1CC(=O)Nc1cccc(C(=O)Nc2cccc(C(F)(F)F)c2)c1. The molecule has 0 saturated carbocycles. The number of aryl methyl sites for hydroxylation is 1. The zero-order chi connectivity index (χ0) is 21.9. The van der Waals surface area contributed by atoms with Crippen LogP contribution in [0.5, 0.6) is 0 Å². The van der Waals surface area contributed by atoms with Crippen LogP contribution in [0.4, 0.5) is 24.5 Å². The number of aromatic nitrogens is 1. The molecule has 0 aliphatic carbocycles. The van der Waals surface area contributed by atoms with E-state index in [0.29, 0.717) is 11.4 Å². The summed E-state index contributed by atoms with van der Waals surface area (Å²) in [6, 6.07) is 10.2. The number of nitrogens with one attached hydrogen (secondary N) is 2. The maximum absolute atomic E-state index is 12.8. The van der Waals surface area contributed by atoms with Crippen LogP contribution in [0.2, 0.25) is 0 Å². The Balaban J connectivity index is 1.70. The Kier molecular flexibility index (Phi) is 6.06. The average Bonchev–Trinajstić information content (AvgIpc) is 2.99. The van der Waals surface area contributed by atoms with Crippen LogP contribution in [-0.2, 0) is 17.5 Å². The van der Waals surface area contributed by atoms with Crippen molar-refractivity contribution in [2.45, 2.75) is 19.6 Å². The highest BCUT2D eigenvalue weighted by molar-refractivity contribution is 7.07. The molecule has 2 amide bonds. The van der Waals surface area contributed by atoms with Gasteiger partial charge in [0.25, 0.3) is 5.91 Å². The molecule has 10 heteroatoms. The Bertz CT molecular complexity index is 1150. The van der Waals surface area contributed by atoms with Crippen molar-refractivity contribution in [2.75, 3.05) is 10.6 Å². The van der Waals surface area contributed by atoms with E-state index in [2.05, 4.69) is 10.6 Å². The van der Waals surface area contributed by atoms with Gasteiger partial charge in [-0.2, -0.15) is 13.2 Å². The van der Waals surface area contributed by atoms with Gasteiger partial charge >= 0.3 is 11.0 Å². The molecule has 0 fully saturated rings. The second-order valence-corrected chi connectivity index (χ2v) is 7.21. The third kappa shape index (κ3) is 5.15. The zero-order valence-corrected chi connectivity index (χ0v) is 16.4. The molecule has 156 valence electrons. The van der Waals surface area contributed by atoms with Gasteiger partial charge in [-0.05, 0) is 43.3 Å². The molecule has 3 rings (SSSR count). The minimum absolute atomic E-state index is 0.00317. The Morgan fingerprint density at radius 1 is 1.03 bits per heavy atom. The van der Waals surface area contributed by atoms with E-state index in [1.54, 1.807) is 18.4 Å². The molecule has 1 aromatic heterocycles. The first-order chi connectivity index (χ1) is 14.1. The number of carbonyl (C=O) groups is 2. The van der Waals surface area contributed by atoms with Crippen LogP contribution < -0.4 is 15.5 Å². The van der Waals surface area contributed by atoms with Crippen molar-refractivity contribution in [1.29, 1.82) is 0 Å². The van der Waals surface area contributed by atoms with Crippen molar-refractivity contribution in [3.8, 4) is 0 Å². The minimum atomic E-state index is -4.52. The molecule has 0 aliphatic heterocycles. The molecule has 3 aromatic rings. The molecule has 2 aromatic carbocycles. The molecule has 0 aliphatic rings. The monoisotopic (exact) mass is 435 g/mol. The number of halogens is 3. The van der Waals surface area contributed by atoms with Gasteiger partial charge in [0.15, 0.2) is 0 Å². The summed E-state index contributed by atoms with van der Waals surface area (Å²) in [5, 5.41) is 6.65. The van der Waals surface area contributed by atoms with Crippen LogP contribution >= 0.6 is 11.3 Å². The molecule has 0 bridgehead atoms. The number of anilines is 2. The molecule has 6 nitrogen and oxygen atoms in total. The van der Waals surface area contributed by atoms with Crippen LogP contribution in [0.1, 0.15) is 21.6 Å². The summed E-state index contributed by atoms with van der Waals surface area (Å²) in [4.78, 5) is 36.1. The van der Waals surface area contributed by atoms with E-state index in [4.69, 9.17) is 0 Å². The summed E-state index contributed by atoms with van der Waals surface area (Å²) in [6.45, 7) is 1.54. The smallest absolute Gasteiger partial charge is 0.325 e. The summed E-state index contributed by atoms with van der Waals surface area (Å²) >= 11 is 0.993. The van der Waals surface area contributed by atoms with Gasteiger partial charge in [-0.15, -0.1) is 0 Å². The molecule has 0 atom stereocenters. The third-order valence-electron chi connectivity index (χ3n) is 4.13. The highest BCUT2D eigenvalue weighted by Crippen LogP contribution is 2.30. The van der Waals surface area contributed by atoms with Gasteiger partial charge in [0.05, 0.1) is 5.56 Å². The second-order valence-electron chi connectivity index (χ2n) is 6.39. The molecule has 0 unspecified atom stereocenters. The zero-order valence-electron chi connectivity index (χ0n) is 15.6. The normalized spacial score (nSPS) is 11.2. The van der Waals surface area contributed by atoms with Gasteiger partial charge in [-0.25, -0.2) is 0 Å². The van der Waals surface area contributed by atoms with Crippen molar-refractivity contribution in [2.24, 2.45) is 0 Å². The highest BCUT2D eigenvalue weighted by atomic mass is 32.1. The lowest BCUT2D eigenvalue weighted by Gasteiger charge is -2.11. The topological polar surface area (TPSA) is 80.2 Å². The lowest BCUT2D eigenvalue weighted by atomic mass is 10.1. The Morgan fingerprint density at radius 2 is 1.70 bits per heavy atom. The van der Waals surface area contributed by atoms with Crippen LogP contribution in [0.15, 0.2) is 58.7 Å². The number of alkyl halides is 3. The van der Waals surface area contributed by atoms with E-state index in [-0.39, 0.29) is 22.7 Å². The molecule has 2 N–H and O–H groups in total. The highest BCUT2D eigenvalue weighted by Gasteiger charge is 2.30. The number of thiazole rings is 1. The molecule has 0 saturated heterocycles. The second kappa shape index (κ2) is 8.54. The number of hydrogen-bond donors (Lipinski definition) is 2. The average molecular weight is 435 g/mol. The predicted molar refractivity (Wildman–Crippen MR) is 108 cm³/mol. The fourth-order valence-electron chi connectivity index (χ4n) is 2.66. The van der Waals surface area contributed by atoms with Crippen molar-refractivity contribution >= 4 is 34.5 Å². The lowest BCUT2D eigenvalue weighted by molar-refractivity contribution is -0.137. The van der Waals surface area contributed by atoms with E-state index >= 15 is 0 Å². The number of hydrogen-bond acceptors (Lipinski definition) is 4. The maximum atomic E-state index is 12.8. The Labute approximate surface area is 173 Å². The molecule has 0 spiro atoms. The molecule has 30 heavy (non-hydrogen) atoms. The van der Waals surface area contributed by atoms with Gasteiger partial charge in [0.2, 0.25) is 5.91 Å². The number of benzene rings is 2. The van der Waals surface area contributed by atoms with E-state index < -0.39 is 23.6 Å². The van der Waals surface area contributed by atoms with Crippen molar-refractivity contribution < 1.29 is 22.8 Å². The Morgan fingerprint density at radius 3 is 2.33 bits per heavy atom. The fraction of sp³-hybridized carbons (Fsp3) is 0.150. The first-order valence-corrected chi connectivity index (χ1v) is 9.55. The van der Waals surface area contributed by atoms with E-state index in [0.717, 1.165) is 23.5 Å². The van der Waals surface area contributed by atoms with Crippen molar-refractivity contribution in [3.63, 3.8) is 0 Å². The quantitative estimate of drug-likeness (QED) is 0.633. The van der Waals surface area contributed by atoms with E-state index in [9.17, 15) is 27.6 Å². The van der Waals surface area contributed by atoms with Crippen molar-refractivity contribution in [1.82, 2.24) is 4.57 Å². The summed E-state index contributed by atoms with van der Waals surface area (Å²) < 4.78 is 39.8. The number of carbonyl (C=O) groups excluding carboxylic acids is 2. The minimum Gasteiger partial charge on any atom is -0.325 e. The fourth-order valence-corrected chi connectivity index (χ4v) is 3.39. The summed E-state index contributed by atoms with van der Waals surface area (Å²) in [5.41, 5.74) is 0.248.